The summed E-state index contributed by atoms with van der Waals surface area (Å²) < 4.78 is 66.4. The quantitative estimate of drug-likeness (QED) is 0.168. The summed E-state index contributed by atoms with van der Waals surface area (Å²) in [6.07, 6.45) is 1.34. The fourth-order valence-electron chi connectivity index (χ4n) is 4.19. The summed E-state index contributed by atoms with van der Waals surface area (Å²) >= 11 is -1.30. The summed E-state index contributed by atoms with van der Waals surface area (Å²) in [7, 11) is 1.55. The number of rotatable bonds is 13. The smallest absolute Gasteiger partial charge is 0.310 e. The van der Waals surface area contributed by atoms with Gasteiger partial charge < -0.3 is 23.2 Å². The largest absolute Gasteiger partial charge is 0.598 e. The molecule has 2 heterocycles. The minimum atomic E-state index is -1.30. The Morgan fingerprint density at radius 2 is 1.93 bits per heavy atom. The van der Waals surface area contributed by atoms with Crippen molar-refractivity contribution in [2.24, 2.45) is 0 Å². The molecular weight excluding hydrogens is 542 g/mol. The van der Waals surface area contributed by atoms with Gasteiger partial charge in [0.05, 0.1) is 25.3 Å². The molecule has 212 valence electrons. The van der Waals surface area contributed by atoms with E-state index in [1.807, 2.05) is 12.1 Å². The van der Waals surface area contributed by atoms with Crippen LogP contribution in [0.3, 0.4) is 0 Å². The van der Waals surface area contributed by atoms with Gasteiger partial charge in [-0.05, 0) is 61.9 Å². The first-order valence-corrected chi connectivity index (χ1v) is 14.0. The van der Waals surface area contributed by atoms with Crippen molar-refractivity contribution in [2.45, 2.75) is 40.0 Å². The lowest BCUT2D eigenvalue weighted by atomic mass is 10.00. The zero-order valence-electron chi connectivity index (χ0n) is 22.4. The Morgan fingerprint density at radius 3 is 2.67 bits per heavy atom. The highest BCUT2D eigenvalue weighted by molar-refractivity contribution is 7.89. The van der Waals surface area contributed by atoms with Gasteiger partial charge in [0.2, 0.25) is 0 Å². The van der Waals surface area contributed by atoms with Crippen LogP contribution in [0.5, 0.6) is 5.75 Å². The summed E-state index contributed by atoms with van der Waals surface area (Å²) in [6, 6.07) is 10.9. The number of halogens is 2. The van der Waals surface area contributed by atoms with Crippen LogP contribution in [0.2, 0.25) is 0 Å². The predicted molar refractivity (Wildman–Crippen MR) is 147 cm³/mol. The number of benzene rings is 2. The van der Waals surface area contributed by atoms with Crippen molar-refractivity contribution in [1.29, 1.82) is 0 Å². The molecule has 0 bridgehead atoms. The third-order valence-corrected chi connectivity index (χ3v) is 6.98. The maximum atomic E-state index is 15.7. The number of furan rings is 1. The molecule has 0 saturated heterocycles. The van der Waals surface area contributed by atoms with E-state index in [0.717, 1.165) is 0 Å². The lowest BCUT2D eigenvalue weighted by Crippen LogP contribution is -2.25. The normalized spacial score (nSPS) is 12.1. The lowest BCUT2D eigenvalue weighted by Gasteiger charge is -2.14. The molecule has 4 rings (SSSR count). The van der Waals surface area contributed by atoms with E-state index in [1.54, 1.807) is 33.1 Å². The Morgan fingerprint density at radius 1 is 1.10 bits per heavy atom. The molecule has 0 fully saturated rings. The molecule has 1 unspecified atom stereocenters. The predicted octanol–water partition coefficient (Wildman–Crippen LogP) is 5.38. The minimum absolute atomic E-state index is 0.00699. The average molecular weight is 573 g/mol. The number of carbonyl (C=O) groups is 1. The van der Waals surface area contributed by atoms with Gasteiger partial charge in [-0.2, -0.15) is 0 Å². The number of ether oxygens (including phenoxy) is 3. The lowest BCUT2D eigenvalue weighted by molar-refractivity contribution is -0.142. The molecule has 40 heavy (non-hydrogen) atoms. The monoisotopic (exact) mass is 572 g/mol. The minimum Gasteiger partial charge on any atom is -0.598 e. The molecule has 4 aromatic rings. The summed E-state index contributed by atoms with van der Waals surface area (Å²) in [6.45, 7) is 3.93. The second-order valence-corrected chi connectivity index (χ2v) is 10.4. The second kappa shape index (κ2) is 13.7. The van der Waals surface area contributed by atoms with Gasteiger partial charge in [0.25, 0.3) is 0 Å². The van der Waals surface area contributed by atoms with Crippen LogP contribution in [0.25, 0.3) is 22.1 Å². The summed E-state index contributed by atoms with van der Waals surface area (Å²) in [5.41, 5.74) is 2.34. The van der Waals surface area contributed by atoms with Gasteiger partial charge in [-0.25, -0.2) is 8.78 Å². The Hall–Kier alpha value is -3.51. The number of nitrogens with zero attached hydrogens (tertiary/aromatic N) is 1. The third-order valence-electron chi connectivity index (χ3n) is 5.99. The molecule has 2 aromatic carbocycles. The van der Waals surface area contributed by atoms with Crippen molar-refractivity contribution in [3.8, 4) is 16.9 Å². The van der Waals surface area contributed by atoms with Gasteiger partial charge >= 0.3 is 5.97 Å². The summed E-state index contributed by atoms with van der Waals surface area (Å²) in [5.74, 6) is -0.290. The van der Waals surface area contributed by atoms with E-state index in [-0.39, 0.29) is 44.0 Å². The van der Waals surface area contributed by atoms with Crippen LogP contribution < -0.4 is 9.46 Å². The Bertz CT molecular complexity index is 1480. The molecule has 0 radical (unpaired) electrons. The fraction of sp³-hybridized carbons (Fsp3) is 0.310. The number of pyridine rings is 1. The SMILES string of the molecule is CCOC(=O)Cc1cc(F)ccc1OCc1cc(-c2ccnc(CN[S+]([O-])CC)c2F)c2oc(COC)cc2c1. The number of carbonyl (C=O) groups excluding carboxylic acids is 1. The highest BCUT2D eigenvalue weighted by Crippen LogP contribution is 2.35. The summed E-state index contributed by atoms with van der Waals surface area (Å²) in [5, 5.41) is 0.706. The maximum Gasteiger partial charge on any atom is 0.310 e. The Kier molecular flexibility index (Phi) is 10.1. The van der Waals surface area contributed by atoms with Gasteiger partial charge in [0, 0.05) is 46.7 Å². The van der Waals surface area contributed by atoms with Crippen molar-refractivity contribution in [2.75, 3.05) is 19.5 Å². The second-order valence-electron chi connectivity index (χ2n) is 8.80. The molecule has 0 aliphatic heterocycles. The van der Waals surface area contributed by atoms with E-state index in [9.17, 15) is 13.7 Å². The highest BCUT2D eigenvalue weighted by Gasteiger charge is 2.19. The first-order chi connectivity index (χ1) is 19.3. The highest BCUT2D eigenvalue weighted by atomic mass is 32.2. The fourth-order valence-corrected chi connectivity index (χ4v) is 4.69. The van der Waals surface area contributed by atoms with E-state index >= 15 is 4.39 Å². The zero-order valence-corrected chi connectivity index (χ0v) is 23.2. The molecule has 0 aliphatic rings. The number of hydrogen-bond donors (Lipinski definition) is 1. The number of methoxy groups -OCH3 is 1. The molecule has 0 saturated carbocycles. The van der Waals surface area contributed by atoms with Crippen LogP contribution in [0, 0.1) is 11.6 Å². The van der Waals surface area contributed by atoms with E-state index in [2.05, 4.69) is 9.71 Å². The van der Waals surface area contributed by atoms with Gasteiger partial charge in [0.1, 0.15) is 41.9 Å². The summed E-state index contributed by atoms with van der Waals surface area (Å²) in [4.78, 5) is 16.2. The topological polar surface area (TPSA) is 106 Å². The molecule has 1 N–H and O–H groups in total. The number of esters is 1. The standard InChI is InChI=1S/C29H30F2N2O6S/c1-4-37-27(34)14-19-12-21(30)6-7-26(19)38-16-18-10-20-13-22(17-36-3)39-29(20)24(11-18)23-8-9-32-25(28(23)31)15-33-40(35)5-2/h6-13,33H,4-5,14-17H2,1-3H3. The van der Waals surface area contributed by atoms with E-state index in [0.29, 0.717) is 44.9 Å². The first-order valence-electron chi connectivity index (χ1n) is 12.7. The van der Waals surface area contributed by atoms with Crippen LogP contribution in [-0.2, 0) is 51.8 Å². The van der Waals surface area contributed by atoms with Gasteiger partial charge in [0.15, 0.2) is 5.82 Å². The molecule has 0 aliphatic carbocycles. The molecule has 0 spiro atoms. The van der Waals surface area contributed by atoms with E-state index in [1.165, 1.54) is 24.4 Å². The first kappa shape index (κ1) is 29.5. The molecule has 2 aromatic heterocycles. The van der Waals surface area contributed by atoms with Gasteiger partial charge in [-0.3, -0.25) is 9.78 Å². The molecule has 1 atom stereocenters. The van der Waals surface area contributed by atoms with Crippen molar-refractivity contribution in [3.63, 3.8) is 0 Å². The number of hydrogen-bond acceptors (Lipinski definition) is 8. The van der Waals surface area contributed by atoms with E-state index < -0.39 is 29.0 Å². The van der Waals surface area contributed by atoms with Crippen LogP contribution in [-0.4, -0.2) is 35.0 Å². The number of fused-ring (bicyclic) bond motifs is 1. The number of nitrogens with one attached hydrogen (secondary N) is 1. The van der Waals surface area contributed by atoms with Crippen molar-refractivity contribution < 1.29 is 36.8 Å². The van der Waals surface area contributed by atoms with Crippen molar-refractivity contribution >= 4 is 28.3 Å². The molecular formula is C29H30F2N2O6S. The number of aromatic nitrogens is 1. The van der Waals surface area contributed by atoms with Gasteiger partial charge in [-0.1, -0.05) is 0 Å². The molecule has 8 nitrogen and oxygen atoms in total. The van der Waals surface area contributed by atoms with Crippen LogP contribution >= 0.6 is 0 Å². The van der Waals surface area contributed by atoms with Gasteiger partial charge in [-0.15, -0.1) is 4.72 Å². The molecule has 0 amide bonds. The Balaban J connectivity index is 1.69. The van der Waals surface area contributed by atoms with Crippen molar-refractivity contribution in [1.82, 2.24) is 9.71 Å². The van der Waals surface area contributed by atoms with E-state index in [4.69, 9.17) is 18.6 Å². The zero-order chi connectivity index (χ0) is 28.6. The average Bonchev–Trinajstić information content (AvgIpc) is 3.34. The Labute approximate surface area is 234 Å². The third kappa shape index (κ3) is 7.16. The van der Waals surface area contributed by atoms with Crippen LogP contribution in [0.15, 0.2) is 53.1 Å². The maximum absolute atomic E-state index is 15.7. The van der Waals surface area contributed by atoms with Crippen LogP contribution in [0.1, 0.15) is 36.4 Å². The van der Waals surface area contributed by atoms with Crippen molar-refractivity contribution in [3.05, 3.63) is 82.9 Å². The molecule has 11 heteroatoms. The van der Waals surface area contributed by atoms with Crippen LogP contribution in [0.4, 0.5) is 8.78 Å².